The maximum absolute atomic E-state index is 12.2. The summed E-state index contributed by atoms with van der Waals surface area (Å²) in [5, 5.41) is 13.4. The van der Waals surface area contributed by atoms with Crippen LogP contribution in [0.5, 0.6) is 0 Å². The molecule has 2 N–H and O–H groups in total. The molecular weight excluding hydrogens is 238 g/mol. The van der Waals surface area contributed by atoms with E-state index < -0.39 is 5.60 Å². The molecule has 1 amide bonds. The quantitative estimate of drug-likeness (QED) is 0.825. The zero-order chi connectivity index (χ0) is 13.6. The SMILES string of the molecule is O=C(NCC1(O)CCCCC1)C1CCCCCCC1. The highest BCUT2D eigenvalue weighted by molar-refractivity contribution is 5.78. The Balaban J connectivity index is 1.75. The van der Waals surface area contributed by atoms with Gasteiger partial charge in [0.1, 0.15) is 0 Å². The van der Waals surface area contributed by atoms with Crippen LogP contribution in [0.2, 0.25) is 0 Å². The lowest BCUT2D eigenvalue weighted by Gasteiger charge is -2.32. The van der Waals surface area contributed by atoms with Gasteiger partial charge in [-0.3, -0.25) is 4.79 Å². The second-order valence-corrected chi connectivity index (χ2v) is 6.54. The first-order valence-corrected chi connectivity index (χ1v) is 8.20. The van der Waals surface area contributed by atoms with E-state index in [1.807, 2.05) is 0 Å². The van der Waals surface area contributed by atoms with E-state index in [2.05, 4.69) is 5.32 Å². The molecule has 2 saturated carbocycles. The van der Waals surface area contributed by atoms with E-state index in [0.29, 0.717) is 6.54 Å². The van der Waals surface area contributed by atoms with Crippen molar-refractivity contribution in [1.82, 2.24) is 5.32 Å². The lowest BCUT2D eigenvalue weighted by molar-refractivity contribution is -0.127. The molecule has 0 heterocycles. The number of amides is 1. The minimum absolute atomic E-state index is 0.181. The van der Waals surface area contributed by atoms with Gasteiger partial charge in [0.05, 0.1) is 5.60 Å². The number of rotatable bonds is 3. The van der Waals surface area contributed by atoms with Crippen molar-refractivity contribution in [3.05, 3.63) is 0 Å². The predicted octanol–water partition coefficient (Wildman–Crippen LogP) is 3.16. The average Bonchev–Trinajstić information content (AvgIpc) is 2.37. The third-order valence-corrected chi connectivity index (χ3v) is 4.85. The van der Waals surface area contributed by atoms with Crippen LogP contribution in [0.25, 0.3) is 0 Å². The monoisotopic (exact) mass is 267 g/mol. The summed E-state index contributed by atoms with van der Waals surface area (Å²) in [5.74, 6) is 0.369. The number of nitrogens with one attached hydrogen (secondary N) is 1. The van der Waals surface area contributed by atoms with Crippen molar-refractivity contribution < 1.29 is 9.90 Å². The molecule has 0 atom stereocenters. The molecule has 0 saturated heterocycles. The smallest absolute Gasteiger partial charge is 0.223 e. The van der Waals surface area contributed by atoms with Crippen LogP contribution in [-0.4, -0.2) is 23.2 Å². The highest BCUT2D eigenvalue weighted by Crippen LogP contribution is 2.28. The third kappa shape index (κ3) is 4.79. The highest BCUT2D eigenvalue weighted by atomic mass is 16.3. The summed E-state index contributed by atoms with van der Waals surface area (Å²) in [5.41, 5.74) is -0.629. The van der Waals surface area contributed by atoms with E-state index in [4.69, 9.17) is 0 Å². The van der Waals surface area contributed by atoms with Crippen LogP contribution in [0, 0.1) is 5.92 Å². The van der Waals surface area contributed by atoms with Gasteiger partial charge in [0.15, 0.2) is 0 Å². The molecule has 19 heavy (non-hydrogen) atoms. The molecular formula is C16H29NO2. The van der Waals surface area contributed by atoms with Crippen LogP contribution in [-0.2, 0) is 4.79 Å². The molecule has 0 spiro atoms. The number of hydrogen-bond acceptors (Lipinski definition) is 2. The second-order valence-electron chi connectivity index (χ2n) is 6.54. The van der Waals surface area contributed by atoms with Gasteiger partial charge >= 0.3 is 0 Å². The Hall–Kier alpha value is -0.570. The summed E-state index contributed by atoms with van der Waals surface area (Å²) in [6.45, 7) is 0.461. The van der Waals surface area contributed by atoms with Crippen molar-refractivity contribution in [2.24, 2.45) is 5.92 Å². The van der Waals surface area contributed by atoms with E-state index in [-0.39, 0.29) is 11.8 Å². The van der Waals surface area contributed by atoms with E-state index in [1.165, 1.54) is 38.5 Å². The fourth-order valence-electron chi connectivity index (χ4n) is 3.50. The topological polar surface area (TPSA) is 49.3 Å². The Bertz CT molecular complexity index is 276. The average molecular weight is 267 g/mol. The molecule has 0 aromatic heterocycles. The molecule has 2 fully saturated rings. The maximum atomic E-state index is 12.2. The Morgan fingerprint density at radius 1 is 0.947 bits per heavy atom. The van der Waals surface area contributed by atoms with Gasteiger partial charge in [0.2, 0.25) is 5.91 Å². The van der Waals surface area contributed by atoms with Gasteiger partial charge in [-0.15, -0.1) is 0 Å². The van der Waals surface area contributed by atoms with Gasteiger partial charge in [0, 0.05) is 12.5 Å². The van der Waals surface area contributed by atoms with E-state index in [9.17, 15) is 9.90 Å². The normalized spacial score (nSPS) is 25.3. The van der Waals surface area contributed by atoms with E-state index in [0.717, 1.165) is 38.5 Å². The van der Waals surface area contributed by atoms with Gasteiger partial charge < -0.3 is 10.4 Å². The van der Waals surface area contributed by atoms with Crippen molar-refractivity contribution in [2.45, 2.75) is 82.7 Å². The van der Waals surface area contributed by atoms with Crippen molar-refractivity contribution >= 4 is 5.91 Å². The van der Waals surface area contributed by atoms with Gasteiger partial charge in [-0.1, -0.05) is 51.4 Å². The van der Waals surface area contributed by atoms with Crippen LogP contribution in [0.4, 0.5) is 0 Å². The zero-order valence-corrected chi connectivity index (χ0v) is 12.1. The predicted molar refractivity (Wildman–Crippen MR) is 76.9 cm³/mol. The first kappa shape index (κ1) is 14.8. The van der Waals surface area contributed by atoms with Crippen LogP contribution < -0.4 is 5.32 Å². The second kappa shape index (κ2) is 7.28. The molecule has 2 aliphatic carbocycles. The maximum Gasteiger partial charge on any atom is 0.223 e. The summed E-state index contributed by atoms with van der Waals surface area (Å²) < 4.78 is 0. The third-order valence-electron chi connectivity index (χ3n) is 4.85. The Morgan fingerprint density at radius 2 is 1.47 bits per heavy atom. The van der Waals surface area contributed by atoms with E-state index in [1.54, 1.807) is 0 Å². The minimum atomic E-state index is -0.629. The first-order valence-electron chi connectivity index (χ1n) is 8.20. The fourth-order valence-corrected chi connectivity index (χ4v) is 3.50. The Labute approximate surface area is 117 Å². The largest absolute Gasteiger partial charge is 0.388 e. The molecule has 2 aliphatic rings. The van der Waals surface area contributed by atoms with Crippen LogP contribution in [0.15, 0.2) is 0 Å². The number of hydrogen-bond donors (Lipinski definition) is 2. The molecule has 0 unspecified atom stereocenters. The number of carbonyl (C=O) groups excluding carboxylic acids is 1. The van der Waals surface area contributed by atoms with Crippen LogP contribution >= 0.6 is 0 Å². The molecule has 2 rings (SSSR count). The highest BCUT2D eigenvalue weighted by Gasteiger charge is 2.30. The van der Waals surface area contributed by atoms with Crippen LogP contribution in [0.1, 0.15) is 77.0 Å². The molecule has 0 bridgehead atoms. The van der Waals surface area contributed by atoms with E-state index >= 15 is 0 Å². The lowest BCUT2D eigenvalue weighted by atomic mass is 9.84. The van der Waals surface area contributed by atoms with Gasteiger partial charge in [-0.25, -0.2) is 0 Å². The summed E-state index contributed by atoms with van der Waals surface area (Å²) in [7, 11) is 0. The van der Waals surface area contributed by atoms with Crippen molar-refractivity contribution in [3.63, 3.8) is 0 Å². The molecule has 0 aromatic carbocycles. The van der Waals surface area contributed by atoms with Gasteiger partial charge in [-0.05, 0) is 25.7 Å². The fraction of sp³-hybridized carbons (Fsp3) is 0.938. The van der Waals surface area contributed by atoms with Crippen molar-refractivity contribution in [2.75, 3.05) is 6.54 Å². The summed E-state index contributed by atoms with van der Waals surface area (Å²) >= 11 is 0. The molecule has 0 aliphatic heterocycles. The standard InChI is InChI=1S/C16H29NO2/c18-15(14-9-5-2-1-3-6-10-14)17-13-16(19)11-7-4-8-12-16/h14,19H,1-13H2,(H,17,18). The van der Waals surface area contributed by atoms with Gasteiger partial charge in [0.25, 0.3) is 0 Å². The Morgan fingerprint density at radius 3 is 2.11 bits per heavy atom. The number of aliphatic hydroxyl groups is 1. The molecule has 0 radical (unpaired) electrons. The number of carbonyl (C=O) groups is 1. The summed E-state index contributed by atoms with van der Waals surface area (Å²) in [6, 6.07) is 0. The lowest BCUT2D eigenvalue weighted by Crippen LogP contribution is -2.45. The molecule has 3 heteroatoms. The molecule has 3 nitrogen and oxygen atoms in total. The van der Waals surface area contributed by atoms with Crippen molar-refractivity contribution in [3.8, 4) is 0 Å². The Kier molecular flexibility index (Phi) is 5.68. The van der Waals surface area contributed by atoms with Crippen molar-refractivity contribution in [1.29, 1.82) is 0 Å². The van der Waals surface area contributed by atoms with Crippen LogP contribution in [0.3, 0.4) is 0 Å². The summed E-state index contributed by atoms with van der Waals surface area (Å²) in [6.07, 6.45) is 13.4. The molecule has 0 aromatic rings. The van der Waals surface area contributed by atoms with Gasteiger partial charge in [-0.2, -0.15) is 0 Å². The zero-order valence-electron chi connectivity index (χ0n) is 12.1. The summed E-state index contributed by atoms with van der Waals surface area (Å²) in [4.78, 5) is 12.2. The molecule has 110 valence electrons. The minimum Gasteiger partial charge on any atom is -0.388 e. The first-order chi connectivity index (χ1) is 9.20.